The summed E-state index contributed by atoms with van der Waals surface area (Å²) in [6.07, 6.45) is -0.0213. The number of fused-ring (bicyclic) bond motifs is 3. The van der Waals surface area contributed by atoms with Crippen LogP contribution in [0.4, 0.5) is 4.79 Å². The van der Waals surface area contributed by atoms with Crippen LogP contribution in [0.15, 0.2) is 72.8 Å². The van der Waals surface area contributed by atoms with E-state index in [0.717, 1.165) is 27.8 Å². The molecule has 178 valence electrons. The number of alkyl carbamates (subject to hydrolysis) is 1. The maximum absolute atomic E-state index is 13.1. The molecule has 1 saturated carbocycles. The molecule has 1 fully saturated rings. The van der Waals surface area contributed by atoms with E-state index in [1.165, 1.54) is 0 Å². The van der Waals surface area contributed by atoms with Crippen molar-refractivity contribution in [1.29, 1.82) is 0 Å². The molecule has 3 aromatic carbocycles. The Kier molecular flexibility index (Phi) is 5.76. The van der Waals surface area contributed by atoms with Crippen molar-refractivity contribution in [2.75, 3.05) is 6.61 Å². The van der Waals surface area contributed by atoms with Gasteiger partial charge in [0.2, 0.25) is 5.91 Å². The minimum atomic E-state index is -1.26. The number of nitrogens with one attached hydrogen (secondary N) is 2. The van der Waals surface area contributed by atoms with Gasteiger partial charge in [0.05, 0.1) is 0 Å². The first-order valence-corrected chi connectivity index (χ1v) is 11.6. The molecular weight excluding hydrogens is 444 g/mol. The molecule has 2 aliphatic rings. The molecule has 5 rings (SSSR count). The van der Waals surface area contributed by atoms with E-state index in [2.05, 4.69) is 22.8 Å². The van der Waals surface area contributed by atoms with Crippen LogP contribution in [0.2, 0.25) is 0 Å². The molecule has 3 N–H and O–H groups in total. The molecule has 1 atom stereocenters. The van der Waals surface area contributed by atoms with E-state index in [1.54, 1.807) is 12.1 Å². The lowest BCUT2D eigenvalue weighted by atomic mass is 9.98. The number of hydrogen-bond donors (Lipinski definition) is 3. The van der Waals surface area contributed by atoms with Crippen LogP contribution in [0, 0.1) is 6.92 Å². The summed E-state index contributed by atoms with van der Waals surface area (Å²) in [6, 6.07) is 22.1. The molecule has 0 bridgehead atoms. The number of carboxylic acids is 1. The van der Waals surface area contributed by atoms with Crippen molar-refractivity contribution in [3.05, 3.63) is 95.1 Å². The van der Waals surface area contributed by atoms with Crippen LogP contribution < -0.4 is 10.6 Å². The van der Waals surface area contributed by atoms with Gasteiger partial charge in [-0.05, 0) is 47.6 Å². The quantitative estimate of drug-likeness (QED) is 0.477. The number of carbonyl (C=O) groups is 3. The number of aliphatic carboxylic acids is 1. The van der Waals surface area contributed by atoms with Crippen LogP contribution in [0.3, 0.4) is 0 Å². The highest BCUT2D eigenvalue weighted by atomic mass is 16.5. The highest BCUT2D eigenvalue weighted by Crippen LogP contribution is 2.44. The van der Waals surface area contributed by atoms with Crippen molar-refractivity contribution in [3.63, 3.8) is 0 Å². The number of aryl methyl sites for hydroxylation is 1. The van der Waals surface area contributed by atoms with Gasteiger partial charge in [-0.1, -0.05) is 78.4 Å². The number of benzene rings is 3. The van der Waals surface area contributed by atoms with Crippen LogP contribution in [-0.4, -0.2) is 35.2 Å². The first-order valence-electron chi connectivity index (χ1n) is 11.6. The summed E-state index contributed by atoms with van der Waals surface area (Å²) in [6.45, 7) is 2.03. The smallest absolute Gasteiger partial charge is 0.408 e. The fourth-order valence-corrected chi connectivity index (χ4v) is 4.64. The maximum Gasteiger partial charge on any atom is 0.408 e. The number of rotatable bonds is 7. The fraction of sp³-hybridized carbons (Fsp3) is 0.250. The molecule has 0 aromatic heterocycles. The number of carboxylic acid groups (broad SMARTS) is 1. The monoisotopic (exact) mass is 470 g/mol. The van der Waals surface area contributed by atoms with Crippen LogP contribution in [-0.2, 0) is 14.3 Å². The molecule has 35 heavy (non-hydrogen) atoms. The lowest BCUT2D eigenvalue weighted by Crippen LogP contribution is -2.49. The maximum atomic E-state index is 13.1. The second-order valence-corrected chi connectivity index (χ2v) is 9.19. The van der Waals surface area contributed by atoms with E-state index >= 15 is 0 Å². The molecular formula is C28H26N2O5. The Morgan fingerprint density at radius 3 is 2.06 bits per heavy atom. The molecule has 0 saturated heterocycles. The molecule has 7 heteroatoms. The minimum absolute atomic E-state index is 0.110. The summed E-state index contributed by atoms with van der Waals surface area (Å²) < 4.78 is 5.61. The van der Waals surface area contributed by atoms with E-state index in [1.807, 2.05) is 55.5 Å². The molecule has 1 unspecified atom stereocenters. The predicted octanol–water partition coefficient (Wildman–Crippen LogP) is 4.31. The zero-order valence-electron chi connectivity index (χ0n) is 19.3. The summed E-state index contributed by atoms with van der Waals surface area (Å²) in [5.74, 6) is -1.77. The molecule has 7 nitrogen and oxygen atoms in total. The lowest BCUT2D eigenvalue weighted by Gasteiger charge is -2.22. The Morgan fingerprint density at radius 2 is 1.51 bits per heavy atom. The van der Waals surface area contributed by atoms with E-state index in [-0.39, 0.29) is 12.5 Å². The number of hydrogen-bond acceptors (Lipinski definition) is 4. The van der Waals surface area contributed by atoms with Gasteiger partial charge in [0, 0.05) is 5.92 Å². The first-order chi connectivity index (χ1) is 16.9. The summed E-state index contributed by atoms with van der Waals surface area (Å²) in [5.41, 5.74) is 4.71. The third-order valence-corrected chi connectivity index (χ3v) is 6.80. The van der Waals surface area contributed by atoms with Gasteiger partial charge in [-0.2, -0.15) is 0 Å². The van der Waals surface area contributed by atoms with Crippen LogP contribution >= 0.6 is 0 Å². The van der Waals surface area contributed by atoms with Gasteiger partial charge in [0.1, 0.15) is 18.2 Å². The molecule has 0 aliphatic heterocycles. The zero-order chi connectivity index (χ0) is 24.6. The molecule has 2 aliphatic carbocycles. The minimum Gasteiger partial charge on any atom is -0.480 e. The van der Waals surface area contributed by atoms with Gasteiger partial charge in [0.25, 0.3) is 0 Å². The third kappa shape index (κ3) is 4.37. The number of ether oxygens (including phenoxy) is 1. The van der Waals surface area contributed by atoms with Crippen molar-refractivity contribution in [2.24, 2.45) is 0 Å². The third-order valence-electron chi connectivity index (χ3n) is 6.80. The largest absolute Gasteiger partial charge is 0.480 e. The second-order valence-electron chi connectivity index (χ2n) is 9.19. The van der Waals surface area contributed by atoms with Gasteiger partial charge in [0.15, 0.2) is 0 Å². The Morgan fingerprint density at radius 1 is 0.943 bits per heavy atom. The first kappa shape index (κ1) is 22.7. The fourth-order valence-electron chi connectivity index (χ4n) is 4.64. The van der Waals surface area contributed by atoms with Crippen LogP contribution in [0.1, 0.15) is 47.1 Å². The summed E-state index contributed by atoms with van der Waals surface area (Å²) >= 11 is 0. The standard InChI is InChI=1S/C28H26N2O5/c1-17-10-12-18(13-11-17)24(25(31)30-28(14-15-28)26(32)33)29-27(34)35-16-23-21-8-4-2-6-19(21)20-7-3-5-9-22(20)23/h2-13,23-24H,14-16H2,1H3,(H,29,34)(H,30,31)(H,32,33). The molecule has 0 spiro atoms. The van der Waals surface area contributed by atoms with Crippen molar-refractivity contribution in [1.82, 2.24) is 10.6 Å². The van der Waals surface area contributed by atoms with Gasteiger partial charge >= 0.3 is 12.1 Å². The Hall–Kier alpha value is -4.13. The predicted molar refractivity (Wildman–Crippen MR) is 130 cm³/mol. The van der Waals surface area contributed by atoms with E-state index in [9.17, 15) is 19.5 Å². The molecule has 2 amide bonds. The average molecular weight is 471 g/mol. The van der Waals surface area contributed by atoms with Crippen molar-refractivity contribution >= 4 is 18.0 Å². The van der Waals surface area contributed by atoms with Crippen LogP contribution in [0.5, 0.6) is 0 Å². The van der Waals surface area contributed by atoms with Crippen molar-refractivity contribution < 1.29 is 24.2 Å². The summed E-state index contributed by atoms with van der Waals surface area (Å²) in [5, 5.41) is 14.7. The number of carbonyl (C=O) groups excluding carboxylic acids is 2. The van der Waals surface area contributed by atoms with Gasteiger partial charge in [-0.25, -0.2) is 9.59 Å². The summed E-state index contributed by atoms with van der Waals surface area (Å²) in [7, 11) is 0. The highest BCUT2D eigenvalue weighted by molar-refractivity contribution is 5.93. The Balaban J connectivity index is 1.32. The molecule has 0 radical (unpaired) electrons. The van der Waals surface area contributed by atoms with Gasteiger partial charge in [-0.15, -0.1) is 0 Å². The van der Waals surface area contributed by atoms with Gasteiger partial charge in [-0.3, -0.25) is 4.79 Å². The average Bonchev–Trinajstić information content (AvgIpc) is 3.58. The summed E-state index contributed by atoms with van der Waals surface area (Å²) in [4.78, 5) is 37.5. The molecule has 3 aromatic rings. The lowest BCUT2D eigenvalue weighted by molar-refractivity contribution is -0.143. The zero-order valence-corrected chi connectivity index (χ0v) is 19.3. The number of amides is 2. The Bertz CT molecular complexity index is 1250. The SMILES string of the molecule is Cc1ccc(C(NC(=O)OCC2c3ccccc3-c3ccccc32)C(=O)NC2(C(=O)O)CC2)cc1. The van der Waals surface area contributed by atoms with Crippen LogP contribution in [0.25, 0.3) is 11.1 Å². The van der Waals surface area contributed by atoms with E-state index < -0.39 is 29.6 Å². The van der Waals surface area contributed by atoms with Crippen molar-refractivity contribution in [2.45, 2.75) is 37.3 Å². The highest BCUT2D eigenvalue weighted by Gasteiger charge is 2.52. The second kappa shape index (κ2) is 8.91. The van der Waals surface area contributed by atoms with Crippen molar-refractivity contribution in [3.8, 4) is 11.1 Å². The molecule has 0 heterocycles. The normalized spacial score (nSPS) is 15.9. The topological polar surface area (TPSA) is 105 Å². The van der Waals surface area contributed by atoms with E-state index in [0.29, 0.717) is 18.4 Å². The Labute approximate surface area is 203 Å². The van der Waals surface area contributed by atoms with Gasteiger partial charge < -0.3 is 20.5 Å². The van der Waals surface area contributed by atoms with E-state index in [4.69, 9.17) is 4.74 Å².